The number of aliphatic carboxylic acids is 1. The van der Waals surface area contributed by atoms with Gasteiger partial charge in [0.25, 0.3) is 5.91 Å². The van der Waals surface area contributed by atoms with Gasteiger partial charge < -0.3 is 15.7 Å². The second-order valence-corrected chi connectivity index (χ2v) is 7.55. The number of carboxylic acids is 1. The molecule has 0 saturated heterocycles. The number of hydrogen-bond donors (Lipinski definition) is 3. The maximum atomic E-state index is 12.7. The third kappa shape index (κ3) is 6.28. The van der Waals surface area contributed by atoms with E-state index in [2.05, 4.69) is 10.6 Å². The maximum absolute atomic E-state index is 12.7. The number of aryl methyl sites for hydroxylation is 1. The molecule has 0 spiro atoms. The van der Waals surface area contributed by atoms with E-state index in [-0.39, 0.29) is 12.8 Å². The zero-order valence-corrected chi connectivity index (χ0v) is 17.9. The van der Waals surface area contributed by atoms with E-state index in [1.54, 1.807) is 12.1 Å². The molecule has 3 N–H and O–H groups in total. The van der Waals surface area contributed by atoms with Crippen LogP contribution in [-0.4, -0.2) is 28.9 Å². The Balaban J connectivity index is 1.67. The van der Waals surface area contributed by atoms with Crippen LogP contribution >= 0.6 is 0 Å². The van der Waals surface area contributed by atoms with Crippen molar-refractivity contribution in [2.45, 2.75) is 32.4 Å². The van der Waals surface area contributed by atoms with Crippen LogP contribution in [0.3, 0.4) is 0 Å². The molecule has 0 aliphatic carbocycles. The van der Waals surface area contributed by atoms with E-state index >= 15 is 0 Å². The molecule has 3 aromatic rings. The van der Waals surface area contributed by atoms with Crippen molar-refractivity contribution < 1.29 is 19.5 Å². The van der Waals surface area contributed by atoms with Crippen LogP contribution in [0, 0.1) is 6.92 Å². The predicted octanol–water partition coefficient (Wildman–Crippen LogP) is 3.94. The van der Waals surface area contributed by atoms with Gasteiger partial charge in [-0.15, -0.1) is 0 Å². The number of nitrogens with one attached hydrogen (secondary N) is 2. The Bertz CT molecular complexity index is 1080. The van der Waals surface area contributed by atoms with Crippen molar-refractivity contribution >= 4 is 17.8 Å². The van der Waals surface area contributed by atoms with Crippen molar-refractivity contribution in [3.05, 3.63) is 95.6 Å². The fourth-order valence-corrected chi connectivity index (χ4v) is 3.34. The van der Waals surface area contributed by atoms with Gasteiger partial charge in [0, 0.05) is 18.5 Å². The standard InChI is InChI=1S/C26H26N2O4/c1-18-7-5-6-10-22(18)17-27-26(32)23(15-16-24(29)30)28-25(31)21-13-11-20(12-14-21)19-8-3-2-4-9-19/h2-14,23H,15-17H2,1H3,(H,27,32)(H,28,31)(H,29,30)/t23-/m0/s1. The Kier molecular flexibility index (Phi) is 7.75. The lowest BCUT2D eigenvalue weighted by Gasteiger charge is -2.18. The van der Waals surface area contributed by atoms with Crippen LogP contribution in [0.1, 0.15) is 34.3 Å². The highest BCUT2D eigenvalue weighted by Gasteiger charge is 2.22. The van der Waals surface area contributed by atoms with Crippen LogP contribution in [0.15, 0.2) is 78.9 Å². The van der Waals surface area contributed by atoms with Gasteiger partial charge >= 0.3 is 5.97 Å². The lowest BCUT2D eigenvalue weighted by atomic mass is 10.0. The summed E-state index contributed by atoms with van der Waals surface area (Å²) in [5, 5.41) is 14.5. The van der Waals surface area contributed by atoms with Gasteiger partial charge in [0.05, 0.1) is 0 Å². The molecule has 3 rings (SSSR count). The molecule has 0 saturated carbocycles. The minimum absolute atomic E-state index is 0.00276. The van der Waals surface area contributed by atoms with Gasteiger partial charge in [-0.3, -0.25) is 14.4 Å². The smallest absolute Gasteiger partial charge is 0.303 e. The molecule has 164 valence electrons. The fraction of sp³-hybridized carbons (Fsp3) is 0.192. The molecule has 1 atom stereocenters. The summed E-state index contributed by atoms with van der Waals surface area (Å²) in [6.07, 6.45) is -0.224. The Hall–Kier alpha value is -3.93. The quantitative estimate of drug-likeness (QED) is 0.479. The zero-order chi connectivity index (χ0) is 22.9. The molecule has 3 aromatic carbocycles. The maximum Gasteiger partial charge on any atom is 0.303 e. The van der Waals surface area contributed by atoms with Gasteiger partial charge in [0.15, 0.2) is 0 Å². The van der Waals surface area contributed by atoms with Crippen molar-refractivity contribution in [2.75, 3.05) is 0 Å². The van der Waals surface area contributed by atoms with Crippen molar-refractivity contribution in [1.82, 2.24) is 10.6 Å². The van der Waals surface area contributed by atoms with E-state index in [0.717, 1.165) is 22.3 Å². The summed E-state index contributed by atoms with van der Waals surface area (Å²) in [5.41, 5.74) is 4.41. The first-order valence-corrected chi connectivity index (χ1v) is 10.4. The average Bonchev–Trinajstić information content (AvgIpc) is 2.81. The van der Waals surface area contributed by atoms with Crippen LogP contribution in [0.5, 0.6) is 0 Å². The molecule has 2 amide bonds. The SMILES string of the molecule is Cc1ccccc1CNC(=O)[C@H](CCC(=O)O)NC(=O)c1ccc(-c2ccccc2)cc1. The molecule has 0 aromatic heterocycles. The van der Waals surface area contributed by atoms with Crippen LogP contribution < -0.4 is 10.6 Å². The zero-order valence-electron chi connectivity index (χ0n) is 17.9. The van der Waals surface area contributed by atoms with Crippen molar-refractivity contribution in [1.29, 1.82) is 0 Å². The lowest BCUT2D eigenvalue weighted by Crippen LogP contribution is -2.46. The van der Waals surface area contributed by atoms with E-state index in [9.17, 15) is 14.4 Å². The topological polar surface area (TPSA) is 95.5 Å². The van der Waals surface area contributed by atoms with Crippen LogP contribution in [0.2, 0.25) is 0 Å². The molecule has 0 radical (unpaired) electrons. The van der Waals surface area contributed by atoms with Crippen molar-refractivity contribution in [2.24, 2.45) is 0 Å². The lowest BCUT2D eigenvalue weighted by molar-refractivity contribution is -0.137. The molecule has 0 bridgehead atoms. The summed E-state index contributed by atoms with van der Waals surface area (Å²) in [4.78, 5) is 36.5. The number of carbonyl (C=O) groups excluding carboxylic acids is 2. The minimum atomic E-state index is -1.02. The normalized spacial score (nSPS) is 11.4. The summed E-state index contributed by atoms with van der Waals surface area (Å²) in [6, 6.07) is 23.6. The van der Waals surface area contributed by atoms with E-state index in [4.69, 9.17) is 5.11 Å². The Labute approximate surface area is 187 Å². The predicted molar refractivity (Wildman–Crippen MR) is 123 cm³/mol. The van der Waals surface area contributed by atoms with Gasteiger partial charge in [0.2, 0.25) is 5.91 Å². The van der Waals surface area contributed by atoms with E-state index in [1.807, 2.05) is 73.7 Å². The highest BCUT2D eigenvalue weighted by Crippen LogP contribution is 2.19. The Morgan fingerprint density at radius 3 is 2.12 bits per heavy atom. The number of hydrogen-bond acceptors (Lipinski definition) is 3. The highest BCUT2D eigenvalue weighted by molar-refractivity contribution is 5.98. The number of carbonyl (C=O) groups is 3. The molecule has 0 heterocycles. The fourth-order valence-electron chi connectivity index (χ4n) is 3.34. The van der Waals surface area contributed by atoms with Crippen LogP contribution in [0.4, 0.5) is 0 Å². The number of benzene rings is 3. The van der Waals surface area contributed by atoms with Gasteiger partial charge in [0.1, 0.15) is 6.04 Å². The summed E-state index contributed by atoms with van der Waals surface area (Å²) in [5.74, 6) is -1.86. The van der Waals surface area contributed by atoms with Crippen molar-refractivity contribution in [3.8, 4) is 11.1 Å². The molecule has 0 aliphatic rings. The number of carboxylic acid groups (broad SMARTS) is 1. The number of amides is 2. The summed E-state index contributed by atoms with van der Waals surface area (Å²) in [6.45, 7) is 2.25. The molecule has 6 nitrogen and oxygen atoms in total. The molecule has 0 aliphatic heterocycles. The van der Waals surface area contributed by atoms with Gasteiger partial charge in [-0.25, -0.2) is 0 Å². The molecule has 0 fully saturated rings. The van der Waals surface area contributed by atoms with E-state index < -0.39 is 23.8 Å². The molecular weight excluding hydrogens is 404 g/mol. The van der Waals surface area contributed by atoms with Crippen LogP contribution in [0.25, 0.3) is 11.1 Å². The molecule has 0 unspecified atom stereocenters. The first kappa shape index (κ1) is 22.7. The second-order valence-electron chi connectivity index (χ2n) is 7.55. The largest absolute Gasteiger partial charge is 0.481 e. The van der Waals surface area contributed by atoms with E-state index in [0.29, 0.717) is 12.1 Å². The Morgan fingerprint density at radius 2 is 1.47 bits per heavy atom. The van der Waals surface area contributed by atoms with Crippen LogP contribution in [-0.2, 0) is 16.1 Å². The third-order valence-electron chi connectivity index (χ3n) is 5.24. The first-order valence-electron chi connectivity index (χ1n) is 10.4. The molecular formula is C26H26N2O4. The first-order chi connectivity index (χ1) is 15.4. The van der Waals surface area contributed by atoms with Crippen molar-refractivity contribution in [3.63, 3.8) is 0 Å². The Morgan fingerprint density at radius 1 is 0.844 bits per heavy atom. The number of rotatable bonds is 9. The molecule has 6 heteroatoms. The van der Waals surface area contributed by atoms with Gasteiger partial charge in [-0.1, -0.05) is 66.7 Å². The summed E-state index contributed by atoms with van der Waals surface area (Å²) < 4.78 is 0. The summed E-state index contributed by atoms with van der Waals surface area (Å²) in [7, 11) is 0. The van der Waals surface area contributed by atoms with E-state index in [1.165, 1.54) is 0 Å². The third-order valence-corrected chi connectivity index (χ3v) is 5.24. The van der Waals surface area contributed by atoms with Gasteiger partial charge in [-0.2, -0.15) is 0 Å². The average molecular weight is 431 g/mol. The minimum Gasteiger partial charge on any atom is -0.481 e. The second kappa shape index (κ2) is 10.9. The monoisotopic (exact) mass is 430 g/mol. The molecule has 32 heavy (non-hydrogen) atoms. The highest BCUT2D eigenvalue weighted by atomic mass is 16.4. The van der Waals surface area contributed by atoms with Gasteiger partial charge in [-0.05, 0) is 47.7 Å². The summed E-state index contributed by atoms with van der Waals surface area (Å²) >= 11 is 0.